The summed E-state index contributed by atoms with van der Waals surface area (Å²) >= 11 is 0. The fourth-order valence-electron chi connectivity index (χ4n) is 2.87. The van der Waals surface area contributed by atoms with Crippen molar-refractivity contribution in [2.45, 2.75) is 53.1 Å². The number of para-hydroxylation sites is 1. The van der Waals surface area contributed by atoms with Gasteiger partial charge in [0.15, 0.2) is 0 Å². The second-order valence-corrected chi connectivity index (χ2v) is 5.37. The van der Waals surface area contributed by atoms with Crippen molar-refractivity contribution in [3.8, 4) is 0 Å². The number of aromatic nitrogens is 1. The fraction of sp³-hybridized carbons (Fsp3) is 0.500. The molecule has 0 radical (unpaired) electrons. The van der Waals surface area contributed by atoms with Crippen molar-refractivity contribution in [2.75, 3.05) is 0 Å². The Morgan fingerprint density at radius 3 is 2.61 bits per heavy atom. The van der Waals surface area contributed by atoms with E-state index in [1.54, 1.807) is 0 Å². The molecular formula is C16H24N2. The Morgan fingerprint density at radius 2 is 2.00 bits per heavy atom. The Bertz CT molecular complexity index is 550. The maximum Gasteiger partial charge on any atom is 0.0514 e. The summed E-state index contributed by atoms with van der Waals surface area (Å²) in [6.07, 6.45) is 2.12. The van der Waals surface area contributed by atoms with E-state index in [0.29, 0.717) is 0 Å². The van der Waals surface area contributed by atoms with Gasteiger partial charge in [0.05, 0.1) is 5.52 Å². The first-order chi connectivity index (χ1) is 8.56. The first kappa shape index (κ1) is 13.2. The maximum atomic E-state index is 6.00. The lowest BCUT2D eigenvalue weighted by atomic mass is 10.0. The Balaban J connectivity index is 2.70. The normalized spacial score (nSPS) is 13.2. The van der Waals surface area contributed by atoms with E-state index in [1.165, 1.54) is 27.7 Å². The second-order valence-electron chi connectivity index (χ2n) is 5.37. The van der Waals surface area contributed by atoms with Gasteiger partial charge >= 0.3 is 0 Å². The summed E-state index contributed by atoms with van der Waals surface area (Å²) in [6.45, 7) is 9.83. The number of nitrogens with zero attached hydrogens (tertiary/aromatic N) is 1. The summed E-state index contributed by atoms with van der Waals surface area (Å²) in [5, 5.41) is 1.39. The molecule has 0 bridgehead atoms. The minimum Gasteiger partial charge on any atom is -0.344 e. The third-order valence-corrected chi connectivity index (χ3v) is 3.65. The second kappa shape index (κ2) is 5.15. The van der Waals surface area contributed by atoms with E-state index in [1.807, 2.05) is 0 Å². The molecule has 0 saturated carbocycles. The Hall–Kier alpha value is -1.28. The van der Waals surface area contributed by atoms with Crippen LogP contribution in [0.25, 0.3) is 10.9 Å². The van der Waals surface area contributed by atoms with Crippen LogP contribution in [0.15, 0.2) is 18.2 Å². The van der Waals surface area contributed by atoms with E-state index in [-0.39, 0.29) is 6.04 Å². The van der Waals surface area contributed by atoms with Gasteiger partial charge in [0.1, 0.15) is 0 Å². The van der Waals surface area contributed by atoms with Crippen molar-refractivity contribution in [1.82, 2.24) is 4.57 Å². The van der Waals surface area contributed by atoms with E-state index >= 15 is 0 Å². The molecule has 0 fully saturated rings. The van der Waals surface area contributed by atoms with Gasteiger partial charge in [-0.2, -0.15) is 0 Å². The number of hydrogen-bond donors (Lipinski definition) is 1. The van der Waals surface area contributed by atoms with Crippen LogP contribution in [0.4, 0.5) is 0 Å². The molecule has 1 atom stereocenters. The molecule has 1 heterocycles. The summed E-state index contributed by atoms with van der Waals surface area (Å²) in [7, 11) is 0. The third-order valence-electron chi connectivity index (χ3n) is 3.65. The summed E-state index contributed by atoms with van der Waals surface area (Å²) < 4.78 is 2.46. The van der Waals surface area contributed by atoms with Crippen LogP contribution < -0.4 is 5.73 Å². The highest BCUT2D eigenvalue weighted by molar-refractivity contribution is 5.88. The average Bonchev–Trinajstić information content (AvgIpc) is 2.56. The molecule has 0 saturated heterocycles. The van der Waals surface area contributed by atoms with Crippen LogP contribution >= 0.6 is 0 Å². The first-order valence-electron chi connectivity index (χ1n) is 6.89. The number of hydrogen-bond acceptors (Lipinski definition) is 1. The molecule has 1 unspecified atom stereocenters. The average molecular weight is 244 g/mol. The summed E-state index contributed by atoms with van der Waals surface area (Å²) in [5.41, 5.74) is 11.6. The third kappa shape index (κ3) is 2.17. The van der Waals surface area contributed by atoms with E-state index in [9.17, 15) is 0 Å². The Morgan fingerprint density at radius 1 is 1.28 bits per heavy atom. The fourth-order valence-corrected chi connectivity index (χ4v) is 2.87. The van der Waals surface area contributed by atoms with Crippen LogP contribution in [0.3, 0.4) is 0 Å². The van der Waals surface area contributed by atoms with Gasteiger partial charge < -0.3 is 10.3 Å². The highest BCUT2D eigenvalue weighted by atomic mass is 15.0. The van der Waals surface area contributed by atoms with Gasteiger partial charge in [-0.05, 0) is 44.7 Å². The van der Waals surface area contributed by atoms with Crippen molar-refractivity contribution in [3.05, 3.63) is 35.0 Å². The first-order valence-corrected chi connectivity index (χ1v) is 6.89. The van der Waals surface area contributed by atoms with Crippen LogP contribution in [-0.4, -0.2) is 10.6 Å². The molecular weight excluding hydrogens is 220 g/mol. The van der Waals surface area contributed by atoms with Gasteiger partial charge in [-0.3, -0.25) is 0 Å². The topological polar surface area (TPSA) is 30.9 Å². The van der Waals surface area contributed by atoms with Gasteiger partial charge in [0.2, 0.25) is 0 Å². The minimum atomic E-state index is 0.213. The molecule has 1 aromatic carbocycles. The molecule has 0 aliphatic carbocycles. The quantitative estimate of drug-likeness (QED) is 0.876. The number of benzene rings is 1. The molecule has 0 aliphatic heterocycles. The summed E-state index contributed by atoms with van der Waals surface area (Å²) in [6, 6.07) is 6.80. The lowest BCUT2D eigenvalue weighted by molar-refractivity contribution is 0.672. The van der Waals surface area contributed by atoms with Crippen molar-refractivity contribution >= 4 is 10.9 Å². The van der Waals surface area contributed by atoms with Crippen LogP contribution in [0.5, 0.6) is 0 Å². The van der Waals surface area contributed by atoms with Crippen LogP contribution in [0.2, 0.25) is 0 Å². The zero-order valence-corrected chi connectivity index (χ0v) is 12.0. The number of nitrogens with two attached hydrogens (primary N) is 1. The van der Waals surface area contributed by atoms with Crippen molar-refractivity contribution in [1.29, 1.82) is 0 Å². The van der Waals surface area contributed by atoms with Crippen molar-refractivity contribution < 1.29 is 0 Å². The van der Waals surface area contributed by atoms with Gasteiger partial charge in [0, 0.05) is 23.7 Å². The molecule has 0 amide bonds. The highest BCUT2D eigenvalue weighted by Gasteiger charge is 2.15. The highest BCUT2D eigenvalue weighted by Crippen LogP contribution is 2.29. The SMILES string of the molecule is CCCn1c(C)c(CC(C)N)c2cccc(C)c21. The van der Waals surface area contributed by atoms with E-state index in [2.05, 4.69) is 50.5 Å². The predicted octanol–water partition coefficient (Wildman–Crippen LogP) is 3.56. The van der Waals surface area contributed by atoms with Crippen molar-refractivity contribution in [3.63, 3.8) is 0 Å². The molecule has 0 aliphatic rings. The molecule has 2 rings (SSSR count). The predicted molar refractivity (Wildman–Crippen MR) is 79.1 cm³/mol. The van der Waals surface area contributed by atoms with Gasteiger partial charge in [-0.15, -0.1) is 0 Å². The molecule has 2 aromatic rings. The summed E-state index contributed by atoms with van der Waals surface area (Å²) in [4.78, 5) is 0. The van der Waals surface area contributed by atoms with Crippen LogP contribution in [0.1, 0.15) is 37.1 Å². The summed E-state index contributed by atoms with van der Waals surface area (Å²) in [5.74, 6) is 0. The van der Waals surface area contributed by atoms with Gasteiger partial charge in [0.25, 0.3) is 0 Å². The van der Waals surface area contributed by atoms with Gasteiger partial charge in [-0.1, -0.05) is 25.1 Å². The van der Waals surface area contributed by atoms with E-state index < -0.39 is 0 Å². The Labute approximate surface area is 110 Å². The lowest BCUT2D eigenvalue weighted by Crippen LogP contribution is -2.18. The Kier molecular flexibility index (Phi) is 3.76. The molecule has 2 N–H and O–H groups in total. The zero-order chi connectivity index (χ0) is 13.3. The largest absolute Gasteiger partial charge is 0.344 e. The number of aryl methyl sites for hydroxylation is 2. The zero-order valence-electron chi connectivity index (χ0n) is 12.0. The number of fused-ring (bicyclic) bond motifs is 1. The number of rotatable bonds is 4. The molecule has 2 nitrogen and oxygen atoms in total. The maximum absolute atomic E-state index is 6.00. The van der Waals surface area contributed by atoms with Gasteiger partial charge in [-0.25, -0.2) is 0 Å². The molecule has 1 aromatic heterocycles. The molecule has 0 spiro atoms. The monoisotopic (exact) mass is 244 g/mol. The lowest BCUT2D eigenvalue weighted by Gasteiger charge is -2.09. The van der Waals surface area contributed by atoms with Crippen LogP contribution in [0, 0.1) is 13.8 Å². The standard InChI is InChI=1S/C16H24N2/c1-5-9-18-13(4)15(10-12(3)17)14-8-6-7-11(2)16(14)18/h6-8,12H,5,9-10,17H2,1-4H3. The molecule has 18 heavy (non-hydrogen) atoms. The molecule has 2 heteroatoms. The molecule has 98 valence electrons. The smallest absolute Gasteiger partial charge is 0.0514 e. The minimum absolute atomic E-state index is 0.213. The van der Waals surface area contributed by atoms with Crippen LogP contribution in [-0.2, 0) is 13.0 Å². The van der Waals surface area contributed by atoms with E-state index in [4.69, 9.17) is 5.73 Å². The van der Waals surface area contributed by atoms with E-state index in [0.717, 1.165) is 19.4 Å². The van der Waals surface area contributed by atoms with Crippen molar-refractivity contribution in [2.24, 2.45) is 5.73 Å².